The second kappa shape index (κ2) is 7.14. The highest BCUT2D eigenvalue weighted by molar-refractivity contribution is 5.79. The Kier molecular flexibility index (Phi) is 5.83. The average Bonchev–Trinajstić information content (AvgIpc) is 2.36. The van der Waals surface area contributed by atoms with Crippen LogP contribution >= 0.6 is 0 Å². The first-order valence-corrected chi connectivity index (χ1v) is 6.55. The predicted octanol–water partition coefficient (Wildman–Crippen LogP) is 2.33. The average molecular weight is 266 g/mol. The second-order valence-corrected chi connectivity index (χ2v) is 4.81. The van der Waals surface area contributed by atoms with Crippen LogP contribution in [0.3, 0.4) is 0 Å². The number of carbonyl (C=O) groups is 1. The van der Waals surface area contributed by atoms with Crippen LogP contribution in [0.5, 0.6) is 5.75 Å². The SMILES string of the molecule is CCOC(=O)C(C)(C)Oc1cccc(CCCO)c1. The van der Waals surface area contributed by atoms with E-state index in [0.717, 1.165) is 12.0 Å². The molecule has 0 aliphatic rings. The van der Waals surface area contributed by atoms with Crippen LogP contribution in [-0.2, 0) is 16.0 Å². The van der Waals surface area contributed by atoms with Gasteiger partial charge in [0.1, 0.15) is 5.75 Å². The maximum Gasteiger partial charge on any atom is 0.349 e. The molecule has 1 N–H and O–H groups in total. The van der Waals surface area contributed by atoms with E-state index in [9.17, 15) is 4.79 Å². The minimum atomic E-state index is -1.01. The summed E-state index contributed by atoms with van der Waals surface area (Å²) in [5, 5.41) is 8.82. The van der Waals surface area contributed by atoms with Crippen molar-refractivity contribution in [3.05, 3.63) is 29.8 Å². The predicted molar refractivity (Wildman–Crippen MR) is 73.2 cm³/mol. The molecule has 0 radical (unpaired) electrons. The van der Waals surface area contributed by atoms with Crippen LogP contribution in [0.2, 0.25) is 0 Å². The van der Waals surface area contributed by atoms with Crippen LogP contribution in [0.1, 0.15) is 32.8 Å². The molecular weight excluding hydrogens is 244 g/mol. The van der Waals surface area contributed by atoms with Crippen LogP contribution in [0.25, 0.3) is 0 Å². The van der Waals surface area contributed by atoms with Gasteiger partial charge in [-0.1, -0.05) is 12.1 Å². The van der Waals surface area contributed by atoms with Gasteiger partial charge in [-0.3, -0.25) is 0 Å². The van der Waals surface area contributed by atoms with E-state index >= 15 is 0 Å². The maximum absolute atomic E-state index is 11.7. The number of aryl methyl sites for hydroxylation is 1. The van der Waals surface area contributed by atoms with Crippen LogP contribution in [0, 0.1) is 0 Å². The Bertz CT molecular complexity index is 412. The molecule has 106 valence electrons. The first-order chi connectivity index (χ1) is 8.99. The highest BCUT2D eigenvalue weighted by atomic mass is 16.6. The molecule has 0 aliphatic heterocycles. The van der Waals surface area contributed by atoms with Gasteiger partial charge in [0.2, 0.25) is 0 Å². The monoisotopic (exact) mass is 266 g/mol. The van der Waals surface area contributed by atoms with Gasteiger partial charge in [-0.2, -0.15) is 0 Å². The first kappa shape index (κ1) is 15.5. The molecule has 0 aromatic heterocycles. The summed E-state index contributed by atoms with van der Waals surface area (Å²) in [5.41, 5.74) is 0.0669. The van der Waals surface area contributed by atoms with Gasteiger partial charge in [0.25, 0.3) is 0 Å². The Morgan fingerprint density at radius 2 is 2.11 bits per heavy atom. The van der Waals surface area contributed by atoms with Gasteiger partial charge in [0, 0.05) is 6.61 Å². The van der Waals surface area contributed by atoms with Crippen molar-refractivity contribution < 1.29 is 19.4 Å². The normalized spacial score (nSPS) is 11.2. The van der Waals surface area contributed by atoms with Crippen molar-refractivity contribution in [2.45, 2.75) is 39.2 Å². The summed E-state index contributed by atoms with van der Waals surface area (Å²) in [4.78, 5) is 11.7. The van der Waals surface area contributed by atoms with Crippen LogP contribution < -0.4 is 4.74 Å². The van der Waals surface area contributed by atoms with Crippen LogP contribution in [-0.4, -0.2) is 29.9 Å². The van der Waals surface area contributed by atoms with Crippen molar-refractivity contribution in [3.63, 3.8) is 0 Å². The molecule has 4 heteroatoms. The smallest absolute Gasteiger partial charge is 0.349 e. The van der Waals surface area contributed by atoms with Gasteiger partial charge in [-0.25, -0.2) is 4.79 Å². The molecule has 19 heavy (non-hydrogen) atoms. The lowest BCUT2D eigenvalue weighted by molar-refractivity contribution is -0.158. The Balaban J connectivity index is 2.72. The molecule has 0 amide bonds. The fraction of sp³-hybridized carbons (Fsp3) is 0.533. The number of benzene rings is 1. The third-order valence-corrected chi connectivity index (χ3v) is 2.66. The van der Waals surface area contributed by atoms with Gasteiger partial charge >= 0.3 is 5.97 Å². The lowest BCUT2D eigenvalue weighted by atomic mass is 10.1. The Hall–Kier alpha value is -1.55. The maximum atomic E-state index is 11.7. The van der Waals surface area contributed by atoms with E-state index in [1.807, 2.05) is 24.3 Å². The number of carbonyl (C=O) groups excluding carboxylic acids is 1. The first-order valence-electron chi connectivity index (χ1n) is 6.55. The topological polar surface area (TPSA) is 55.8 Å². The van der Waals surface area contributed by atoms with E-state index in [-0.39, 0.29) is 12.6 Å². The summed E-state index contributed by atoms with van der Waals surface area (Å²) < 4.78 is 10.7. The summed E-state index contributed by atoms with van der Waals surface area (Å²) in [6, 6.07) is 7.54. The van der Waals surface area contributed by atoms with Crippen molar-refractivity contribution in [2.24, 2.45) is 0 Å². The molecular formula is C15H22O4. The fourth-order valence-corrected chi connectivity index (χ4v) is 1.69. The number of ether oxygens (including phenoxy) is 2. The van der Waals surface area contributed by atoms with Crippen molar-refractivity contribution in [3.8, 4) is 5.75 Å². The van der Waals surface area contributed by atoms with Gasteiger partial charge in [0.15, 0.2) is 5.60 Å². The number of hydrogen-bond donors (Lipinski definition) is 1. The van der Waals surface area contributed by atoms with Crippen molar-refractivity contribution >= 4 is 5.97 Å². The zero-order valence-electron chi connectivity index (χ0n) is 11.8. The lowest BCUT2D eigenvalue weighted by Gasteiger charge is -2.24. The van der Waals surface area contributed by atoms with Crippen LogP contribution in [0.4, 0.5) is 0 Å². The summed E-state index contributed by atoms with van der Waals surface area (Å²) in [7, 11) is 0. The molecule has 0 unspecified atom stereocenters. The molecule has 1 aromatic carbocycles. The number of hydrogen-bond acceptors (Lipinski definition) is 4. The number of aliphatic hydroxyl groups excluding tert-OH is 1. The standard InChI is InChI=1S/C15H22O4/c1-4-18-14(17)15(2,3)19-13-9-5-7-12(11-13)8-6-10-16/h5,7,9,11,16H,4,6,8,10H2,1-3H3. The number of aliphatic hydroxyl groups is 1. The van der Waals surface area contributed by atoms with Gasteiger partial charge < -0.3 is 14.6 Å². The molecule has 0 saturated heterocycles. The molecule has 0 bridgehead atoms. The fourth-order valence-electron chi connectivity index (χ4n) is 1.69. The van der Waals surface area contributed by atoms with E-state index in [0.29, 0.717) is 18.8 Å². The van der Waals surface area contributed by atoms with Crippen molar-refractivity contribution in [2.75, 3.05) is 13.2 Å². The number of esters is 1. The zero-order chi connectivity index (χ0) is 14.3. The lowest BCUT2D eigenvalue weighted by Crippen LogP contribution is -2.39. The minimum Gasteiger partial charge on any atom is -0.476 e. The van der Waals surface area contributed by atoms with Gasteiger partial charge in [-0.15, -0.1) is 0 Å². The van der Waals surface area contributed by atoms with E-state index in [4.69, 9.17) is 14.6 Å². The third kappa shape index (κ3) is 4.91. The quantitative estimate of drug-likeness (QED) is 0.770. The molecule has 0 heterocycles. The number of rotatable bonds is 7. The Labute approximate surface area is 114 Å². The summed E-state index contributed by atoms with van der Waals surface area (Å²) in [6.07, 6.45) is 1.50. The van der Waals surface area contributed by atoms with E-state index < -0.39 is 5.60 Å². The molecule has 0 spiro atoms. The van der Waals surface area contributed by atoms with Crippen LogP contribution in [0.15, 0.2) is 24.3 Å². The van der Waals surface area contributed by atoms with E-state index in [1.54, 1.807) is 20.8 Å². The molecule has 4 nitrogen and oxygen atoms in total. The van der Waals surface area contributed by atoms with Gasteiger partial charge in [0.05, 0.1) is 6.61 Å². The summed E-state index contributed by atoms with van der Waals surface area (Å²) >= 11 is 0. The molecule has 0 aliphatic carbocycles. The highest BCUT2D eigenvalue weighted by Crippen LogP contribution is 2.21. The zero-order valence-corrected chi connectivity index (χ0v) is 11.8. The van der Waals surface area contributed by atoms with E-state index in [1.165, 1.54) is 0 Å². The van der Waals surface area contributed by atoms with Crippen molar-refractivity contribution in [1.82, 2.24) is 0 Å². The van der Waals surface area contributed by atoms with Gasteiger partial charge in [-0.05, 0) is 51.3 Å². The molecule has 0 saturated carbocycles. The Morgan fingerprint density at radius 1 is 1.37 bits per heavy atom. The Morgan fingerprint density at radius 3 is 2.74 bits per heavy atom. The summed E-state index contributed by atoms with van der Waals surface area (Å²) in [6.45, 7) is 5.64. The third-order valence-electron chi connectivity index (χ3n) is 2.66. The molecule has 0 fully saturated rings. The largest absolute Gasteiger partial charge is 0.476 e. The molecule has 1 rings (SSSR count). The molecule has 0 atom stereocenters. The highest BCUT2D eigenvalue weighted by Gasteiger charge is 2.31. The molecule has 1 aromatic rings. The van der Waals surface area contributed by atoms with E-state index in [2.05, 4.69) is 0 Å². The second-order valence-electron chi connectivity index (χ2n) is 4.81. The van der Waals surface area contributed by atoms with Crippen molar-refractivity contribution in [1.29, 1.82) is 0 Å². The minimum absolute atomic E-state index is 0.166. The summed E-state index contributed by atoms with van der Waals surface area (Å²) in [5.74, 6) is 0.254.